The van der Waals surface area contributed by atoms with Gasteiger partial charge in [-0.25, -0.2) is 9.13 Å². The standard InChI is InChI=1S/C44H48N12O4/c1-51(19-9-21-55-25-23-53(3)43(55)49-47-39-33-13-7-5-11-31(33)27-35(57)37(39)45)41(59)29-15-17-30(18-16-29)42(60)52(2)20-10-22-56-26-24-54(4)44(56)50-48-40-34-14-8-6-12-32(34)28-36(58)38(40)46/h5-8,11-18,23-28,43H,9-10,19-22H2,1-4H3,(H5,45,46,47,48,49,57,58,59,60)/p+1. The number of amides is 2. The zero-order valence-corrected chi connectivity index (χ0v) is 34.1. The van der Waals surface area contributed by atoms with Crippen LogP contribution < -0.4 is 16.0 Å². The van der Waals surface area contributed by atoms with Gasteiger partial charge in [0.1, 0.15) is 34.2 Å². The van der Waals surface area contributed by atoms with Gasteiger partial charge in [-0.2, -0.15) is 0 Å². The van der Waals surface area contributed by atoms with Crippen LogP contribution in [0.3, 0.4) is 0 Å². The summed E-state index contributed by atoms with van der Waals surface area (Å²) in [5.41, 5.74) is 14.5. The van der Waals surface area contributed by atoms with E-state index in [0.717, 1.165) is 21.5 Å². The second-order valence-electron chi connectivity index (χ2n) is 14.9. The Balaban J connectivity index is 0.896. The number of carbonyl (C=O) groups is 2. The minimum absolute atomic E-state index is 0.0440. The van der Waals surface area contributed by atoms with Gasteiger partial charge in [0.25, 0.3) is 11.8 Å². The smallest absolute Gasteiger partial charge is 0.421 e. The number of phenolic OH excluding ortho intramolecular Hbond substituents is 2. The highest BCUT2D eigenvalue weighted by Gasteiger charge is 2.24. The van der Waals surface area contributed by atoms with Gasteiger partial charge in [0.2, 0.25) is 6.29 Å². The van der Waals surface area contributed by atoms with Crippen molar-refractivity contribution in [3.8, 4) is 11.5 Å². The molecule has 1 unspecified atom stereocenters. The summed E-state index contributed by atoms with van der Waals surface area (Å²) in [6.07, 6.45) is 8.52. The number of aromatic hydroxyl groups is 2. The molecular weight excluding hydrogens is 761 g/mol. The predicted molar refractivity (Wildman–Crippen MR) is 231 cm³/mol. The van der Waals surface area contributed by atoms with Crippen molar-refractivity contribution in [2.24, 2.45) is 27.5 Å². The summed E-state index contributed by atoms with van der Waals surface area (Å²) >= 11 is 0. The zero-order chi connectivity index (χ0) is 42.5. The van der Waals surface area contributed by atoms with Crippen LogP contribution in [0.15, 0.2) is 130 Å². The second-order valence-corrected chi connectivity index (χ2v) is 14.9. The molecule has 0 saturated carbocycles. The monoisotopic (exact) mass is 809 g/mol. The lowest BCUT2D eigenvalue weighted by molar-refractivity contribution is -0.657. The highest BCUT2D eigenvalue weighted by Crippen LogP contribution is 2.40. The van der Waals surface area contributed by atoms with E-state index in [1.165, 1.54) is 0 Å². The number of nitrogens with two attached hydrogens (primary N) is 2. The number of nitrogens with zero attached hydrogens (tertiary/aromatic N) is 10. The van der Waals surface area contributed by atoms with Crippen molar-refractivity contribution in [1.29, 1.82) is 0 Å². The molecule has 0 saturated heterocycles. The third kappa shape index (κ3) is 8.53. The van der Waals surface area contributed by atoms with Crippen molar-refractivity contribution in [2.45, 2.75) is 25.7 Å². The Bertz CT molecular complexity index is 2640. The fraction of sp³-hybridized carbons (Fsp3) is 0.250. The number of benzene rings is 5. The first kappa shape index (κ1) is 40.7. The molecule has 308 valence electrons. The molecule has 1 aliphatic rings. The molecule has 6 aromatic rings. The minimum Gasteiger partial charge on any atom is -0.506 e. The maximum atomic E-state index is 13.3. The Labute approximate surface area is 347 Å². The number of aromatic nitrogens is 2. The Hall–Kier alpha value is -7.49. The summed E-state index contributed by atoms with van der Waals surface area (Å²) in [4.78, 5) is 34.0. The Kier molecular flexibility index (Phi) is 11.9. The molecule has 7 rings (SSSR count). The van der Waals surface area contributed by atoms with Crippen LogP contribution in [-0.4, -0.2) is 93.3 Å². The van der Waals surface area contributed by atoms with Crippen LogP contribution in [-0.2, 0) is 13.6 Å². The molecule has 6 N–H and O–H groups in total. The molecule has 5 aromatic carbocycles. The molecular formula is C44H49N12O4+. The molecule has 0 bridgehead atoms. The summed E-state index contributed by atoms with van der Waals surface area (Å²) in [7, 11) is 7.28. The average molecular weight is 810 g/mol. The van der Waals surface area contributed by atoms with E-state index < -0.39 is 6.29 Å². The predicted octanol–water partition coefficient (Wildman–Crippen LogP) is 7.02. The van der Waals surface area contributed by atoms with Crippen LogP contribution in [0.1, 0.15) is 33.6 Å². The summed E-state index contributed by atoms with van der Waals surface area (Å²) in [6.45, 7) is 2.16. The maximum Gasteiger partial charge on any atom is 0.421 e. The van der Waals surface area contributed by atoms with Crippen molar-refractivity contribution in [2.75, 3.05) is 52.2 Å². The van der Waals surface area contributed by atoms with E-state index in [2.05, 4.69) is 20.5 Å². The minimum atomic E-state index is -0.417. The molecule has 0 spiro atoms. The molecule has 2 heterocycles. The molecule has 16 nitrogen and oxygen atoms in total. The Morgan fingerprint density at radius 1 is 0.733 bits per heavy atom. The van der Waals surface area contributed by atoms with Crippen LogP contribution in [0.5, 0.6) is 11.5 Å². The summed E-state index contributed by atoms with van der Waals surface area (Å²) in [6, 6.07) is 25.0. The normalized spacial score (nSPS) is 14.0. The largest absolute Gasteiger partial charge is 0.506 e. The Morgan fingerprint density at radius 3 is 1.82 bits per heavy atom. The van der Waals surface area contributed by atoms with Gasteiger partial charge < -0.3 is 41.3 Å². The van der Waals surface area contributed by atoms with Gasteiger partial charge in [-0.15, -0.1) is 10.2 Å². The van der Waals surface area contributed by atoms with Gasteiger partial charge in [-0.1, -0.05) is 53.6 Å². The number of carbonyl (C=O) groups excluding carboxylic acids is 2. The van der Waals surface area contributed by atoms with Crippen molar-refractivity contribution < 1.29 is 24.4 Å². The van der Waals surface area contributed by atoms with Gasteiger partial charge in [0.15, 0.2) is 0 Å². The van der Waals surface area contributed by atoms with Crippen molar-refractivity contribution in [1.82, 2.24) is 24.2 Å². The topological polar surface area (TPSA) is 198 Å². The van der Waals surface area contributed by atoms with Crippen molar-refractivity contribution >= 4 is 62.1 Å². The number of nitrogen functional groups attached to an aromatic ring is 2. The summed E-state index contributed by atoms with van der Waals surface area (Å²) in [5, 5.41) is 41.9. The lowest BCUT2D eigenvalue weighted by atomic mass is 10.1. The molecule has 16 heteroatoms. The molecule has 60 heavy (non-hydrogen) atoms. The van der Waals surface area contributed by atoms with E-state index in [4.69, 9.17) is 11.5 Å². The van der Waals surface area contributed by atoms with E-state index in [-0.39, 0.29) is 34.7 Å². The number of imidazole rings is 1. The molecule has 0 radical (unpaired) electrons. The number of azo groups is 2. The van der Waals surface area contributed by atoms with Gasteiger partial charge in [-0.3, -0.25) is 9.59 Å². The van der Waals surface area contributed by atoms with Crippen LogP contribution >= 0.6 is 0 Å². The third-order valence-corrected chi connectivity index (χ3v) is 10.7. The molecule has 0 fully saturated rings. The van der Waals surface area contributed by atoms with Crippen LogP contribution in [0.4, 0.5) is 28.7 Å². The quantitative estimate of drug-likeness (QED) is 0.0390. The lowest BCUT2D eigenvalue weighted by Gasteiger charge is -2.27. The molecule has 1 atom stereocenters. The maximum absolute atomic E-state index is 13.3. The van der Waals surface area contributed by atoms with Gasteiger partial charge in [0, 0.05) is 80.2 Å². The number of aryl methyl sites for hydroxylation is 2. The van der Waals surface area contributed by atoms with E-state index in [1.807, 2.05) is 106 Å². The van der Waals surface area contributed by atoms with E-state index in [1.54, 1.807) is 60.3 Å². The average Bonchev–Trinajstić information content (AvgIpc) is 3.79. The first-order chi connectivity index (χ1) is 28.9. The van der Waals surface area contributed by atoms with E-state index in [9.17, 15) is 19.8 Å². The van der Waals surface area contributed by atoms with Gasteiger partial charge in [0.05, 0.1) is 26.0 Å². The molecule has 0 aliphatic carbocycles. The highest BCUT2D eigenvalue weighted by atomic mass is 16.3. The third-order valence-electron chi connectivity index (χ3n) is 10.7. The second kappa shape index (κ2) is 17.6. The molecule has 2 amide bonds. The van der Waals surface area contributed by atoms with Crippen molar-refractivity contribution in [3.63, 3.8) is 0 Å². The van der Waals surface area contributed by atoms with E-state index >= 15 is 0 Å². The number of anilines is 2. The number of rotatable bonds is 14. The number of phenols is 2. The number of hydrogen-bond acceptors (Lipinski definition) is 12. The van der Waals surface area contributed by atoms with Crippen LogP contribution in [0, 0.1) is 0 Å². The van der Waals surface area contributed by atoms with E-state index in [0.29, 0.717) is 67.5 Å². The SMILES string of the molecule is CN(CCCN1C=CN(C)C1N=Nc1c(N)c(O)cc2ccccc12)C(=O)c1ccc(C(=O)N(C)CCCn2cc[n+](C)c2N=Nc2c(N)c(O)cc3ccccc23)cc1. The molecule has 1 aromatic heterocycles. The lowest BCUT2D eigenvalue weighted by Crippen LogP contribution is -2.36. The fourth-order valence-electron chi connectivity index (χ4n) is 7.18. The zero-order valence-electron chi connectivity index (χ0n) is 34.1. The van der Waals surface area contributed by atoms with Crippen LogP contribution in [0.2, 0.25) is 0 Å². The number of fused-ring (bicyclic) bond motifs is 2. The first-order valence-corrected chi connectivity index (χ1v) is 19.6. The Morgan fingerprint density at radius 2 is 1.25 bits per heavy atom. The summed E-state index contributed by atoms with van der Waals surface area (Å²) in [5.74, 6) is 0.188. The fourth-order valence-corrected chi connectivity index (χ4v) is 7.18. The van der Waals surface area contributed by atoms with Crippen LogP contribution in [0.25, 0.3) is 21.5 Å². The first-order valence-electron chi connectivity index (χ1n) is 19.6. The van der Waals surface area contributed by atoms with Crippen molar-refractivity contribution in [3.05, 3.63) is 121 Å². The van der Waals surface area contributed by atoms with Gasteiger partial charge >= 0.3 is 5.95 Å². The molecule has 1 aliphatic heterocycles. The highest BCUT2D eigenvalue weighted by molar-refractivity contribution is 6.01. The summed E-state index contributed by atoms with van der Waals surface area (Å²) < 4.78 is 3.78. The number of hydrogen-bond donors (Lipinski definition) is 4. The van der Waals surface area contributed by atoms with Gasteiger partial charge in [-0.05, 0) is 60.0 Å².